The van der Waals surface area contributed by atoms with Gasteiger partial charge in [-0.2, -0.15) is 0 Å². The molecule has 8 heteroatoms. The molecular formula is C20H25N3O5. The number of non-ortho nitro benzene ring substituents is 1. The number of hydrogen-bond donors (Lipinski definition) is 1. The number of carbonyl (C=O) groups is 2. The molecule has 8 nitrogen and oxygen atoms in total. The zero-order chi connectivity index (χ0) is 20.3. The molecule has 28 heavy (non-hydrogen) atoms. The maximum absolute atomic E-state index is 12.9. The Hall–Kier alpha value is -2.77. The number of carbonyl (C=O) groups excluding carboxylic acids is 2. The lowest BCUT2D eigenvalue weighted by molar-refractivity contribution is -0.384. The lowest BCUT2D eigenvalue weighted by atomic mass is 9.85. The molecule has 2 unspecified atom stereocenters. The maximum atomic E-state index is 12.9. The fourth-order valence-electron chi connectivity index (χ4n) is 4.00. The summed E-state index contributed by atoms with van der Waals surface area (Å²) in [6, 6.07) is 4.62. The second-order valence-electron chi connectivity index (χ2n) is 7.49. The van der Waals surface area contributed by atoms with Crippen LogP contribution >= 0.6 is 0 Å². The van der Waals surface area contributed by atoms with Gasteiger partial charge in [-0.15, -0.1) is 0 Å². The van der Waals surface area contributed by atoms with Crippen molar-refractivity contribution in [1.29, 1.82) is 0 Å². The smallest absolute Gasteiger partial charge is 0.341 e. The largest absolute Gasteiger partial charge is 0.462 e. The van der Waals surface area contributed by atoms with Crippen LogP contribution in [0.1, 0.15) is 57.6 Å². The van der Waals surface area contributed by atoms with E-state index in [-0.39, 0.29) is 11.8 Å². The minimum Gasteiger partial charge on any atom is -0.462 e. The van der Waals surface area contributed by atoms with E-state index in [1.807, 2.05) is 0 Å². The number of rotatable bonds is 5. The van der Waals surface area contributed by atoms with Crippen LogP contribution in [-0.2, 0) is 9.53 Å². The molecule has 2 amide bonds. The number of ether oxygens (including phenoxy) is 1. The first-order chi connectivity index (χ1) is 13.4. The van der Waals surface area contributed by atoms with Gasteiger partial charge in [0.05, 0.1) is 11.0 Å². The van der Waals surface area contributed by atoms with Crippen LogP contribution in [0.25, 0.3) is 0 Å². The molecule has 0 spiro atoms. The van der Waals surface area contributed by atoms with Crippen LogP contribution in [0.5, 0.6) is 0 Å². The fourth-order valence-corrected chi connectivity index (χ4v) is 4.00. The molecule has 1 heterocycles. The average molecular weight is 387 g/mol. The fraction of sp³-hybridized carbons (Fsp3) is 0.550. The number of nitrogens with zero attached hydrogens (tertiary/aromatic N) is 2. The van der Waals surface area contributed by atoms with E-state index >= 15 is 0 Å². The molecule has 1 fully saturated rings. The van der Waals surface area contributed by atoms with E-state index in [1.54, 1.807) is 19.1 Å². The lowest BCUT2D eigenvalue weighted by Gasteiger charge is -2.33. The average Bonchev–Trinajstić information content (AvgIpc) is 2.68. The first kappa shape index (κ1) is 20.0. The molecule has 2 aliphatic rings. The van der Waals surface area contributed by atoms with Crippen molar-refractivity contribution in [2.45, 2.75) is 58.1 Å². The number of nitro groups is 1. The van der Waals surface area contributed by atoms with E-state index in [0.29, 0.717) is 17.2 Å². The van der Waals surface area contributed by atoms with Gasteiger partial charge in [0.2, 0.25) is 0 Å². The zero-order valence-corrected chi connectivity index (χ0v) is 16.1. The predicted octanol–water partition coefficient (Wildman–Crippen LogP) is 3.95. The summed E-state index contributed by atoms with van der Waals surface area (Å²) in [7, 11) is 0. The van der Waals surface area contributed by atoms with Crippen molar-refractivity contribution in [3.05, 3.63) is 39.9 Å². The summed E-state index contributed by atoms with van der Waals surface area (Å²) in [5.41, 5.74) is 0.937. The van der Waals surface area contributed by atoms with Crippen LogP contribution in [-0.4, -0.2) is 28.7 Å². The Morgan fingerprint density at radius 1 is 1.25 bits per heavy atom. The Balaban J connectivity index is 1.77. The van der Waals surface area contributed by atoms with Crippen molar-refractivity contribution >= 4 is 23.4 Å². The lowest BCUT2D eigenvalue weighted by Crippen LogP contribution is -2.45. The number of benzene rings is 1. The third-order valence-corrected chi connectivity index (χ3v) is 5.71. The summed E-state index contributed by atoms with van der Waals surface area (Å²) in [6.07, 6.45) is 4.83. The Morgan fingerprint density at radius 2 is 1.89 bits per heavy atom. The van der Waals surface area contributed by atoms with Crippen LogP contribution in [0, 0.1) is 22.0 Å². The highest BCUT2D eigenvalue weighted by atomic mass is 16.6. The molecule has 1 aromatic rings. The predicted molar refractivity (Wildman–Crippen MR) is 103 cm³/mol. The SMILES string of the molecule is CCC1CCC(OC(=O)C2C(C)=NC(=O)NC2c2ccc([N+](=O)[O-])cc2)CC1. The molecule has 1 saturated carbocycles. The number of hydrogen-bond acceptors (Lipinski definition) is 5. The van der Waals surface area contributed by atoms with Gasteiger partial charge in [0, 0.05) is 17.8 Å². The Bertz CT molecular complexity index is 782. The van der Waals surface area contributed by atoms with Crippen molar-refractivity contribution in [2.75, 3.05) is 0 Å². The van der Waals surface area contributed by atoms with Gasteiger partial charge >= 0.3 is 12.0 Å². The molecule has 1 aromatic carbocycles. The van der Waals surface area contributed by atoms with Gasteiger partial charge < -0.3 is 10.1 Å². The van der Waals surface area contributed by atoms with Gasteiger partial charge in [-0.05, 0) is 44.1 Å². The molecule has 2 atom stereocenters. The summed E-state index contributed by atoms with van der Waals surface area (Å²) < 4.78 is 5.76. The molecular weight excluding hydrogens is 362 g/mol. The van der Waals surface area contributed by atoms with E-state index in [1.165, 1.54) is 12.1 Å². The summed E-state index contributed by atoms with van der Waals surface area (Å²) in [5.74, 6) is -0.465. The highest BCUT2D eigenvalue weighted by Crippen LogP contribution is 2.32. The van der Waals surface area contributed by atoms with Crippen LogP contribution in [0.15, 0.2) is 29.3 Å². The summed E-state index contributed by atoms with van der Waals surface area (Å²) in [5, 5.41) is 13.6. The number of urea groups is 1. The molecule has 150 valence electrons. The number of aliphatic imine (C=N–C) groups is 1. The number of nitrogens with one attached hydrogen (secondary N) is 1. The number of esters is 1. The maximum Gasteiger partial charge on any atom is 0.341 e. The number of amides is 2. The van der Waals surface area contributed by atoms with Crippen LogP contribution in [0.3, 0.4) is 0 Å². The number of nitro benzene ring substituents is 1. The molecule has 0 bridgehead atoms. The van der Waals surface area contributed by atoms with Crippen LogP contribution < -0.4 is 5.32 Å². The molecule has 1 aliphatic carbocycles. The molecule has 1 N–H and O–H groups in total. The van der Waals surface area contributed by atoms with Gasteiger partial charge in [-0.3, -0.25) is 14.9 Å². The van der Waals surface area contributed by atoms with E-state index in [0.717, 1.165) is 32.1 Å². The van der Waals surface area contributed by atoms with Gasteiger partial charge in [-0.1, -0.05) is 25.5 Å². The second-order valence-corrected chi connectivity index (χ2v) is 7.49. The van der Waals surface area contributed by atoms with E-state index in [4.69, 9.17) is 4.74 Å². The van der Waals surface area contributed by atoms with Crippen LogP contribution in [0.4, 0.5) is 10.5 Å². The minimum atomic E-state index is -0.747. The Kier molecular flexibility index (Phi) is 6.06. The van der Waals surface area contributed by atoms with Crippen molar-refractivity contribution in [3.8, 4) is 0 Å². The second kappa shape index (κ2) is 8.50. The summed E-state index contributed by atoms with van der Waals surface area (Å²) in [6.45, 7) is 3.81. The Labute approximate surface area is 163 Å². The quantitative estimate of drug-likeness (QED) is 0.467. The van der Waals surface area contributed by atoms with Gasteiger partial charge in [0.25, 0.3) is 5.69 Å². The third kappa shape index (κ3) is 4.37. The molecule has 0 saturated heterocycles. The van der Waals surface area contributed by atoms with E-state index in [2.05, 4.69) is 17.2 Å². The van der Waals surface area contributed by atoms with Crippen molar-refractivity contribution in [1.82, 2.24) is 5.32 Å². The van der Waals surface area contributed by atoms with E-state index in [9.17, 15) is 19.7 Å². The van der Waals surface area contributed by atoms with Gasteiger partial charge in [-0.25, -0.2) is 9.79 Å². The monoisotopic (exact) mass is 387 g/mol. The topological polar surface area (TPSA) is 111 Å². The van der Waals surface area contributed by atoms with Gasteiger partial charge in [0.1, 0.15) is 12.0 Å². The first-order valence-electron chi connectivity index (χ1n) is 9.69. The molecule has 1 aliphatic heterocycles. The van der Waals surface area contributed by atoms with Crippen LogP contribution in [0.2, 0.25) is 0 Å². The molecule has 0 aromatic heterocycles. The minimum absolute atomic E-state index is 0.0527. The van der Waals surface area contributed by atoms with Crippen molar-refractivity contribution < 1.29 is 19.2 Å². The van der Waals surface area contributed by atoms with Crippen molar-refractivity contribution in [2.24, 2.45) is 16.8 Å². The van der Waals surface area contributed by atoms with Gasteiger partial charge in [0.15, 0.2) is 0 Å². The molecule has 3 rings (SSSR count). The highest BCUT2D eigenvalue weighted by molar-refractivity contribution is 6.08. The van der Waals surface area contributed by atoms with Crippen molar-refractivity contribution in [3.63, 3.8) is 0 Å². The summed E-state index contributed by atoms with van der Waals surface area (Å²) in [4.78, 5) is 39.1. The highest BCUT2D eigenvalue weighted by Gasteiger charge is 2.39. The third-order valence-electron chi connectivity index (χ3n) is 5.71. The standard InChI is InChI=1S/C20H25N3O5/c1-3-13-4-10-16(11-5-13)28-19(24)17-12(2)21-20(25)22-18(17)14-6-8-15(9-7-14)23(26)27/h6-9,13,16-18H,3-5,10-11H2,1-2H3,(H,22,25). The Morgan fingerprint density at radius 3 is 2.46 bits per heavy atom. The zero-order valence-electron chi connectivity index (χ0n) is 16.1. The normalized spacial score (nSPS) is 27.5. The summed E-state index contributed by atoms with van der Waals surface area (Å²) >= 11 is 0. The van der Waals surface area contributed by atoms with E-state index < -0.39 is 28.9 Å². The first-order valence-corrected chi connectivity index (χ1v) is 9.69. The molecule has 0 radical (unpaired) electrons.